The number of benzene rings is 1. The molecule has 0 aliphatic heterocycles. The Morgan fingerprint density at radius 1 is 1.57 bits per heavy atom. The molecule has 1 aromatic rings. The number of methoxy groups -OCH3 is 1. The van der Waals surface area contributed by atoms with Crippen molar-refractivity contribution < 1.29 is 14.2 Å². The van der Waals surface area contributed by atoms with Crippen LogP contribution in [0.5, 0.6) is 11.5 Å². The highest BCUT2D eigenvalue weighted by molar-refractivity contribution is 5.56. The molecule has 0 atom stereocenters. The van der Waals surface area contributed by atoms with Gasteiger partial charge >= 0.3 is 0 Å². The van der Waals surface area contributed by atoms with E-state index in [2.05, 4.69) is 0 Å². The summed E-state index contributed by atoms with van der Waals surface area (Å²) in [6.45, 7) is 0.326. The lowest BCUT2D eigenvalue weighted by molar-refractivity contribution is 0.357. The monoisotopic (exact) mass is 197 g/mol. The molecule has 0 unspecified atom stereocenters. The molecule has 0 bridgehead atoms. The molecule has 0 aromatic heterocycles. The zero-order chi connectivity index (χ0) is 10.6. The zero-order valence-electron chi connectivity index (χ0n) is 7.83. The molecule has 0 aliphatic carbocycles. The molecule has 0 heterocycles. The van der Waals surface area contributed by atoms with Gasteiger partial charge in [0.1, 0.15) is 0 Å². The number of halogens is 1. The van der Waals surface area contributed by atoms with E-state index in [4.69, 9.17) is 10.5 Å². The summed E-state index contributed by atoms with van der Waals surface area (Å²) >= 11 is 0. The maximum absolute atomic E-state index is 13.4. The summed E-state index contributed by atoms with van der Waals surface area (Å²) in [5, 5.41) is 9.31. The molecule has 0 amide bonds. The standard InChI is InChI=1S/C10H12FNO2/c1-14-8-5-4-7(3-2-6-12)9(11)10(8)13/h2-5,13H,6,12H2,1H3/b3-2+. The predicted octanol–water partition coefficient (Wildman–Crippen LogP) is 1.51. The number of nitrogens with two attached hydrogens (primary N) is 1. The van der Waals surface area contributed by atoms with Crippen LogP contribution in [0.1, 0.15) is 5.56 Å². The topological polar surface area (TPSA) is 55.5 Å². The van der Waals surface area contributed by atoms with Crippen LogP contribution in [0.3, 0.4) is 0 Å². The van der Waals surface area contributed by atoms with E-state index < -0.39 is 11.6 Å². The van der Waals surface area contributed by atoms with Crippen molar-refractivity contribution in [1.29, 1.82) is 0 Å². The Hall–Kier alpha value is -1.55. The predicted molar refractivity (Wildman–Crippen MR) is 52.7 cm³/mol. The number of rotatable bonds is 3. The second kappa shape index (κ2) is 4.62. The summed E-state index contributed by atoms with van der Waals surface area (Å²) < 4.78 is 18.1. The van der Waals surface area contributed by atoms with Gasteiger partial charge in [-0.2, -0.15) is 0 Å². The van der Waals surface area contributed by atoms with Crippen molar-refractivity contribution in [3.05, 3.63) is 29.6 Å². The molecular weight excluding hydrogens is 185 g/mol. The molecule has 0 fully saturated rings. The van der Waals surface area contributed by atoms with Crippen molar-refractivity contribution in [3.63, 3.8) is 0 Å². The summed E-state index contributed by atoms with van der Waals surface area (Å²) in [4.78, 5) is 0. The van der Waals surface area contributed by atoms with Gasteiger partial charge in [0.2, 0.25) is 0 Å². The summed E-state index contributed by atoms with van der Waals surface area (Å²) in [5.74, 6) is -1.06. The first-order valence-electron chi connectivity index (χ1n) is 4.12. The van der Waals surface area contributed by atoms with Crippen molar-refractivity contribution in [2.45, 2.75) is 0 Å². The molecule has 76 valence electrons. The van der Waals surface area contributed by atoms with Crippen LogP contribution in [0.4, 0.5) is 4.39 Å². The quantitative estimate of drug-likeness (QED) is 0.772. The number of hydrogen-bond donors (Lipinski definition) is 2. The molecule has 1 rings (SSSR count). The molecular formula is C10H12FNO2. The molecule has 0 saturated heterocycles. The summed E-state index contributed by atoms with van der Waals surface area (Å²) in [6.07, 6.45) is 3.11. The molecule has 0 radical (unpaired) electrons. The molecule has 3 N–H and O–H groups in total. The average Bonchev–Trinajstić information content (AvgIpc) is 2.20. The van der Waals surface area contributed by atoms with Crippen LogP contribution in [0, 0.1) is 5.82 Å². The van der Waals surface area contributed by atoms with Crippen LogP contribution >= 0.6 is 0 Å². The van der Waals surface area contributed by atoms with Crippen LogP contribution in [0.15, 0.2) is 18.2 Å². The Kier molecular flexibility index (Phi) is 3.48. The highest BCUT2D eigenvalue weighted by Gasteiger charge is 2.10. The van der Waals surface area contributed by atoms with Gasteiger partial charge in [0.25, 0.3) is 0 Å². The number of phenolic OH excluding ortho intramolecular Hbond substituents is 1. The van der Waals surface area contributed by atoms with E-state index in [9.17, 15) is 9.50 Å². The van der Waals surface area contributed by atoms with Crippen molar-refractivity contribution >= 4 is 6.08 Å². The molecule has 3 nitrogen and oxygen atoms in total. The Labute approximate surface area is 81.6 Å². The van der Waals surface area contributed by atoms with Gasteiger partial charge in [-0.15, -0.1) is 0 Å². The van der Waals surface area contributed by atoms with Gasteiger partial charge in [0.15, 0.2) is 17.3 Å². The largest absolute Gasteiger partial charge is 0.502 e. The summed E-state index contributed by atoms with van der Waals surface area (Å²) in [6, 6.07) is 3.01. The van der Waals surface area contributed by atoms with Crippen LogP contribution < -0.4 is 10.5 Å². The van der Waals surface area contributed by atoms with Crippen molar-refractivity contribution in [2.75, 3.05) is 13.7 Å². The second-order valence-electron chi connectivity index (χ2n) is 2.66. The van der Waals surface area contributed by atoms with Crippen LogP contribution in [-0.2, 0) is 0 Å². The van der Waals surface area contributed by atoms with Crippen molar-refractivity contribution in [3.8, 4) is 11.5 Å². The van der Waals surface area contributed by atoms with Gasteiger partial charge < -0.3 is 15.6 Å². The molecule has 4 heteroatoms. The van der Waals surface area contributed by atoms with E-state index in [-0.39, 0.29) is 11.3 Å². The number of aromatic hydroxyl groups is 1. The van der Waals surface area contributed by atoms with Crippen LogP contribution in [-0.4, -0.2) is 18.8 Å². The average molecular weight is 197 g/mol. The molecule has 0 saturated carbocycles. The Morgan fingerprint density at radius 3 is 2.86 bits per heavy atom. The SMILES string of the molecule is COc1ccc(/C=C/CN)c(F)c1O. The summed E-state index contributed by atoms with van der Waals surface area (Å²) in [5.41, 5.74) is 5.51. The Balaban J connectivity index is 3.10. The zero-order valence-corrected chi connectivity index (χ0v) is 7.83. The van der Waals surface area contributed by atoms with Gasteiger partial charge in [-0.25, -0.2) is 4.39 Å². The second-order valence-corrected chi connectivity index (χ2v) is 2.66. The summed E-state index contributed by atoms with van der Waals surface area (Å²) in [7, 11) is 1.36. The molecule has 1 aromatic carbocycles. The number of phenols is 1. The minimum absolute atomic E-state index is 0.118. The maximum atomic E-state index is 13.4. The molecule has 0 aliphatic rings. The van der Waals surface area contributed by atoms with Crippen LogP contribution in [0.25, 0.3) is 6.08 Å². The van der Waals surface area contributed by atoms with E-state index in [0.29, 0.717) is 6.54 Å². The van der Waals surface area contributed by atoms with Gasteiger partial charge in [0.05, 0.1) is 7.11 Å². The number of hydrogen-bond acceptors (Lipinski definition) is 3. The molecule has 14 heavy (non-hydrogen) atoms. The fraction of sp³-hybridized carbons (Fsp3) is 0.200. The third-order valence-electron chi connectivity index (χ3n) is 1.76. The lowest BCUT2D eigenvalue weighted by Gasteiger charge is -2.05. The fourth-order valence-electron chi connectivity index (χ4n) is 1.05. The smallest absolute Gasteiger partial charge is 0.194 e. The van der Waals surface area contributed by atoms with E-state index in [1.807, 2.05) is 0 Å². The highest BCUT2D eigenvalue weighted by atomic mass is 19.1. The Morgan fingerprint density at radius 2 is 2.29 bits per heavy atom. The fourth-order valence-corrected chi connectivity index (χ4v) is 1.05. The molecule has 0 spiro atoms. The lowest BCUT2D eigenvalue weighted by Crippen LogP contribution is -1.93. The van der Waals surface area contributed by atoms with Gasteiger partial charge in [-0.1, -0.05) is 12.2 Å². The third kappa shape index (κ3) is 2.03. The van der Waals surface area contributed by atoms with Crippen molar-refractivity contribution in [2.24, 2.45) is 5.73 Å². The first-order chi connectivity index (χ1) is 6.70. The number of ether oxygens (including phenoxy) is 1. The van der Waals surface area contributed by atoms with Gasteiger partial charge in [-0.3, -0.25) is 0 Å². The van der Waals surface area contributed by atoms with Gasteiger partial charge in [0, 0.05) is 12.1 Å². The van der Waals surface area contributed by atoms with E-state index in [1.54, 1.807) is 6.08 Å². The van der Waals surface area contributed by atoms with Crippen LogP contribution in [0.2, 0.25) is 0 Å². The van der Waals surface area contributed by atoms with Gasteiger partial charge in [-0.05, 0) is 12.1 Å². The lowest BCUT2D eigenvalue weighted by atomic mass is 10.1. The van der Waals surface area contributed by atoms with Crippen molar-refractivity contribution in [1.82, 2.24) is 0 Å². The van der Waals surface area contributed by atoms with E-state index in [0.717, 1.165) is 0 Å². The minimum atomic E-state index is -0.700. The third-order valence-corrected chi connectivity index (χ3v) is 1.76. The first-order valence-corrected chi connectivity index (χ1v) is 4.12. The first kappa shape index (κ1) is 10.5. The normalized spacial score (nSPS) is 10.8. The van der Waals surface area contributed by atoms with E-state index >= 15 is 0 Å². The Bertz CT molecular complexity index is 350. The highest BCUT2D eigenvalue weighted by Crippen LogP contribution is 2.31. The minimum Gasteiger partial charge on any atom is -0.502 e. The maximum Gasteiger partial charge on any atom is 0.194 e. The van der Waals surface area contributed by atoms with E-state index in [1.165, 1.54) is 25.3 Å².